The van der Waals surface area contributed by atoms with Crippen molar-refractivity contribution in [2.45, 2.75) is 6.54 Å². The molecule has 3 aromatic rings. The van der Waals surface area contributed by atoms with Crippen molar-refractivity contribution < 1.29 is 9.26 Å². The van der Waals surface area contributed by atoms with E-state index in [-0.39, 0.29) is 24.0 Å². The van der Waals surface area contributed by atoms with Gasteiger partial charge in [0.2, 0.25) is 11.7 Å². The molecule has 2 aromatic carbocycles. The van der Waals surface area contributed by atoms with Crippen molar-refractivity contribution in [3.8, 4) is 17.1 Å². The third-order valence-electron chi connectivity index (χ3n) is 5.18. The van der Waals surface area contributed by atoms with Crippen LogP contribution in [-0.2, 0) is 6.54 Å². The highest BCUT2D eigenvalue weighted by atomic mass is 127. The lowest BCUT2D eigenvalue weighted by Gasteiger charge is -2.37. The monoisotopic (exact) mass is 568 g/mol. The zero-order valence-electron chi connectivity index (χ0n) is 18.0. The first-order chi connectivity index (χ1) is 15.2. The second-order valence-corrected chi connectivity index (χ2v) is 7.53. The van der Waals surface area contributed by atoms with Gasteiger partial charge >= 0.3 is 0 Å². The van der Waals surface area contributed by atoms with Gasteiger partial charge in [0.05, 0.1) is 13.7 Å². The maximum absolute atomic E-state index is 5.94. The van der Waals surface area contributed by atoms with Gasteiger partial charge in [-0.25, -0.2) is 0 Å². The molecule has 0 amide bonds. The van der Waals surface area contributed by atoms with Crippen molar-refractivity contribution in [3.63, 3.8) is 0 Å². The molecule has 1 fully saturated rings. The highest BCUT2D eigenvalue weighted by molar-refractivity contribution is 14.0. The van der Waals surface area contributed by atoms with Crippen molar-refractivity contribution in [3.05, 3.63) is 59.4 Å². The van der Waals surface area contributed by atoms with E-state index in [0.29, 0.717) is 23.3 Å². The third kappa shape index (κ3) is 5.83. The van der Waals surface area contributed by atoms with Gasteiger partial charge in [-0.2, -0.15) is 4.98 Å². The molecule has 0 unspecified atom stereocenters. The predicted octanol–water partition coefficient (Wildman–Crippen LogP) is 3.91. The number of halogens is 2. The third-order valence-corrected chi connectivity index (χ3v) is 5.43. The minimum Gasteiger partial charge on any atom is -0.497 e. The van der Waals surface area contributed by atoms with Gasteiger partial charge in [0.25, 0.3) is 0 Å². The number of benzene rings is 2. The lowest BCUT2D eigenvalue weighted by atomic mass is 10.2. The van der Waals surface area contributed by atoms with Gasteiger partial charge < -0.3 is 24.4 Å². The summed E-state index contributed by atoms with van der Waals surface area (Å²) in [6.07, 6.45) is 0. The zero-order chi connectivity index (χ0) is 21.6. The summed E-state index contributed by atoms with van der Waals surface area (Å²) in [6.45, 7) is 3.92. The van der Waals surface area contributed by atoms with Gasteiger partial charge in [-0.05, 0) is 36.4 Å². The Morgan fingerprint density at radius 1 is 1.16 bits per heavy atom. The Morgan fingerprint density at radius 3 is 2.59 bits per heavy atom. The number of aliphatic imine (C=N–C) groups is 1. The molecule has 0 aliphatic carbocycles. The number of guanidine groups is 1. The number of ether oxygens (including phenoxy) is 1. The standard InChI is InChI=1S/C22H25ClN6O2.HI/c1-24-22(25-15-20-26-21(27-31-20)16-6-8-17(23)9-7-16)29-12-10-28(11-13-29)18-4-3-5-19(14-18)30-2;/h3-9,14H,10-13,15H2,1-2H3,(H,24,25);1H. The number of hydrogen-bond acceptors (Lipinski definition) is 6. The predicted molar refractivity (Wildman–Crippen MR) is 137 cm³/mol. The van der Waals surface area contributed by atoms with Gasteiger partial charge in [0, 0.05) is 55.6 Å². The SMILES string of the molecule is CN=C(NCc1nc(-c2ccc(Cl)cc2)no1)N1CCN(c2cccc(OC)c2)CC1.I. The molecule has 1 aromatic heterocycles. The lowest BCUT2D eigenvalue weighted by Crippen LogP contribution is -2.52. The quantitative estimate of drug-likeness (QED) is 0.284. The average molecular weight is 569 g/mol. The van der Waals surface area contributed by atoms with Gasteiger partial charge in [0.15, 0.2) is 5.96 Å². The van der Waals surface area contributed by atoms with E-state index in [1.165, 1.54) is 5.69 Å². The first-order valence-corrected chi connectivity index (χ1v) is 10.5. The molecule has 2 heterocycles. The molecular formula is C22H26ClIN6O2. The fourth-order valence-electron chi connectivity index (χ4n) is 3.51. The van der Waals surface area contributed by atoms with Gasteiger partial charge in [-0.1, -0.05) is 22.8 Å². The Kier molecular flexibility index (Phi) is 8.57. The summed E-state index contributed by atoms with van der Waals surface area (Å²) in [7, 11) is 3.47. The van der Waals surface area contributed by atoms with E-state index >= 15 is 0 Å². The Labute approximate surface area is 209 Å². The summed E-state index contributed by atoms with van der Waals surface area (Å²) in [6, 6.07) is 15.5. The van der Waals surface area contributed by atoms with E-state index in [0.717, 1.165) is 43.5 Å². The average Bonchev–Trinajstić information content (AvgIpc) is 3.29. The van der Waals surface area contributed by atoms with Crippen LogP contribution in [0.3, 0.4) is 0 Å². The van der Waals surface area contributed by atoms with Crippen LogP contribution in [0.15, 0.2) is 58.0 Å². The molecule has 4 rings (SSSR count). The highest BCUT2D eigenvalue weighted by Crippen LogP contribution is 2.22. The van der Waals surface area contributed by atoms with Crippen LogP contribution >= 0.6 is 35.6 Å². The van der Waals surface area contributed by atoms with Crippen molar-refractivity contribution in [2.24, 2.45) is 4.99 Å². The van der Waals surface area contributed by atoms with E-state index in [1.54, 1.807) is 26.3 Å². The molecule has 32 heavy (non-hydrogen) atoms. The van der Waals surface area contributed by atoms with Crippen LogP contribution in [-0.4, -0.2) is 61.3 Å². The van der Waals surface area contributed by atoms with Crippen LogP contribution in [0.2, 0.25) is 5.02 Å². The summed E-state index contributed by atoms with van der Waals surface area (Å²) < 4.78 is 10.7. The number of aromatic nitrogens is 2. The fourth-order valence-corrected chi connectivity index (χ4v) is 3.64. The van der Waals surface area contributed by atoms with Crippen molar-refractivity contribution in [2.75, 3.05) is 45.2 Å². The summed E-state index contributed by atoms with van der Waals surface area (Å²) in [5.41, 5.74) is 2.03. The summed E-state index contributed by atoms with van der Waals surface area (Å²) in [5.74, 6) is 2.72. The van der Waals surface area contributed by atoms with Crippen molar-refractivity contribution >= 4 is 47.2 Å². The van der Waals surface area contributed by atoms with E-state index in [1.807, 2.05) is 24.3 Å². The Morgan fingerprint density at radius 2 is 1.91 bits per heavy atom. The molecule has 8 nitrogen and oxygen atoms in total. The Bertz CT molecular complexity index is 1030. The number of rotatable bonds is 5. The van der Waals surface area contributed by atoms with E-state index in [4.69, 9.17) is 20.9 Å². The molecule has 170 valence electrons. The summed E-state index contributed by atoms with van der Waals surface area (Å²) >= 11 is 5.94. The fraction of sp³-hybridized carbons (Fsp3) is 0.318. The second-order valence-electron chi connectivity index (χ2n) is 7.09. The van der Waals surface area contributed by atoms with Crippen LogP contribution in [0.4, 0.5) is 5.69 Å². The van der Waals surface area contributed by atoms with Crippen LogP contribution in [0, 0.1) is 0 Å². The van der Waals surface area contributed by atoms with Gasteiger partial charge in [0.1, 0.15) is 5.75 Å². The Balaban J connectivity index is 0.00000289. The first-order valence-electron chi connectivity index (χ1n) is 10.1. The molecule has 1 N–H and O–H groups in total. The molecule has 0 bridgehead atoms. The van der Waals surface area contributed by atoms with Crippen LogP contribution in [0.1, 0.15) is 5.89 Å². The molecule has 0 spiro atoms. The molecule has 0 saturated carbocycles. The maximum Gasteiger partial charge on any atom is 0.246 e. The largest absolute Gasteiger partial charge is 0.497 e. The molecular weight excluding hydrogens is 543 g/mol. The molecule has 10 heteroatoms. The van der Waals surface area contributed by atoms with E-state index < -0.39 is 0 Å². The Hall–Kier alpha value is -2.53. The maximum atomic E-state index is 5.94. The van der Waals surface area contributed by atoms with Crippen LogP contribution in [0.5, 0.6) is 5.75 Å². The number of piperazine rings is 1. The zero-order valence-corrected chi connectivity index (χ0v) is 21.1. The second kappa shape index (κ2) is 11.4. The van der Waals surface area contributed by atoms with Crippen molar-refractivity contribution in [1.82, 2.24) is 20.4 Å². The number of hydrogen-bond donors (Lipinski definition) is 1. The first kappa shape index (κ1) is 24.1. The molecule has 1 saturated heterocycles. The van der Waals surface area contributed by atoms with Crippen molar-refractivity contribution in [1.29, 1.82) is 0 Å². The summed E-state index contributed by atoms with van der Waals surface area (Å²) in [5, 5.41) is 8.04. The normalized spacial score (nSPS) is 14.2. The van der Waals surface area contributed by atoms with Crippen LogP contribution < -0.4 is 15.0 Å². The molecule has 1 aliphatic heterocycles. The topological polar surface area (TPSA) is 79.0 Å². The highest BCUT2D eigenvalue weighted by Gasteiger charge is 2.20. The molecule has 0 radical (unpaired) electrons. The number of nitrogens with zero attached hydrogens (tertiary/aromatic N) is 5. The molecule has 1 aliphatic rings. The minimum atomic E-state index is 0. The van der Waals surface area contributed by atoms with Gasteiger partial charge in [-0.3, -0.25) is 4.99 Å². The number of methoxy groups -OCH3 is 1. The van der Waals surface area contributed by atoms with E-state index in [2.05, 4.69) is 42.4 Å². The number of anilines is 1. The minimum absolute atomic E-state index is 0. The summed E-state index contributed by atoms with van der Waals surface area (Å²) in [4.78, 5) is 13.4. The lowest BCUT2D eigenvalue weighted by molar-refractivity contribution is 0.355. The number of nitrogens with one attached hydrogen (secondary N) is 1. The van der Waals surface area contributed by atoms with Crippen LogP contribution in [0.25, 0.3) is 11.4 Å². The smallest absolute Gasteiger partial charge is 0.246 e. The van der Waals surface area contributed by atoms with E-state index in [9.17, 15) is 0 Å². The van der Waals surface area contributed by atoms with Gasteiger partial charge in [-0.15, -0.1) is 24.0 Å². The molecule has 0 atom stereocenters.